The molecule has 0 aliphatic rings. The molecule has 0 aliphatic heterocycles. The van der Waals surface area contributed by atoms with Crippen molar-refractivity contribution in [2.45, 2.75) is 26.3 Å². The Hall–Kier alpha value is -1.70. The van der Waals surface area contributed by atoms with E-state index in [1.165, 1.54) is 12.4 Å². The number of amides is 1. The number of carbonyl (C=O) groups is 1. The molecule has 0 spiro atoms. The topological polar surface area (TPSA) is 101 Å². The minimum Gasteiger partial charge on any atom is -0.369 e. The first kappa shape index (κ1) is 16.4. The molecule has 20 heavy (non-hydrogen) atoms. The van der Waals surface area contributed by atoms with Crippen LogP contribution in [-0.2, 0) is 9.84 Å². The monoisotopic (exact) mass is 300 g/mol. The van der Waals surface area contributed by atoms with Gasteiger partial charge < -0.3 is 10.6 Å². The average molecular weight is 300 g/mol. The number of rotatable bonds is 7. The highest BCUT2D eigenvalue weighted by Gasteiger charge is 2.15. The molecule has 0 aliphatic carbocycles. The minimum absolute atomic E-state index is 0.109. The summed E-state index contributed by atoms with van der Waals surface area (Å²) in [6, 6.07) is -0.475. The molecule has 1 unspecified atom stereocenters. The maximum absolute atomic E-state index is 11.8. The Bertz CT molecular complexity index is 542. The van der Waals surface area contributed by atoms with Gasteiger partial charge in [-0.3, -0.25) is 4.79 Å². The van der Waals surface area contributed by atoms with Crippen LogP contribution in [-0.4, -0.2) is 48.9 Å². The molecule has 0 bridgehead atoms. The molecule has 1 heterocycles. The summed E-state index contributed by atoms with van der Waals surface area (Å²) in [6.45, 7) is 4.45. The molecule has 0 saturated heterocycles. The number of carbonyl (C=O) groups excluding carboxylic acids is 1. The quantitative estimate of drug-likeness (QED) is 0.758. The molecule has 0 aromatic carbocycles. The van der Waals surface area contributed by atoms with Crippen molar-refractivity contribution < 1.29 is 13.2 Å². The summed E-state index contributed by atoms with van der Waals surface area (Å²) in [7, 11) is -3.13. The van der Waals surface area contributed by atoms with Crippen molar-refractivity contribution in [1.82, 2.24) is 15.3 Å². The summed E-state index contributed by atoms with van der Waals surface area (Å²) in [5.74, 6) is 0.0609. The highest BCUT2D eigenvalue weighted by atomic mass is 32.2. The van der Waals surface area contributed by atoms with E-state index in [0.717, 1.165) is 19.2 Å². The molecule has 2 N–H and O–H groups in total. The minimum atomic E-state index is -3.13. The Kier molecular flexibility index (Phi) is 5.87. The van der Waals surface area contributed by atoms with Crippen LogP contribution in [0.5, 0.6) is 0 Å². The molecule has 7 nitrogen and oxygen atoms in total. The molecule has 0 saturated carbocycles. The predicted molar refractivity (Wildman–Crippen MR) is 77.5 cm³/mol. The second-order valence-electron chi connectivity index (χ2n) is 4.68. The highest BCUT2D eigenvalue weighted by Crippen LogP contribution is 2.02. The van der Waals surface area contributed by atoms with E-state index in [4.69, 9.17) is 0 Å². The number of aromatic nitrogens is 2. The van der Waals surface area contributed by atoms with Gasteiger partial charge in [0.15, 0.2) is 0 Å². The summed E-state index contributed by atoms with van der Waals surface area (Å²) in [4.78, 5) is 19.9. The lowest BCUT2D eigenvalue weighted by molar-refractivity contribution is 0.0938. The van der Waals surface area contributed by atoms with Gasteiger partial charge in [-0.25, -0.2) is 18.4 Å². The maximum Gasteiger partial charge on any atom is 0.271 e. The van der Waals surface area contributed by atoms with Gasteiger partial charge in [0.2, 0.25) is 0 Å². The Labute approximate surface area is 119 Å². The maximum atomic E-state index is 11.8. The van der Waals surface area contributed by atoms with E-state index < -0.39 is 21.8 Å². The predicted octanol–water partition coefficient (Wildman–Crippen LogP) is 0.461. The highest BCUT2D eigenvalue weighted by molar-refractivity contribution is 7.90. The van der Waals surface area contributed by atoms with Crippen LogP contribution >= 0.6 is 0 Å². The normalized spacial score (nSPS) is 12.8. The van der Waals surface area contributed by atoms with E-state index in [2.05, 4.69) is 20.6 Å². The SMILES string of the molecule is CCCNc1cnc(C(=O)NC(C)CS(C)(=O)=O)cn1. The van der Waals surface area contributed by atoms with Crippen LogP contribution < -0.4 is 10.6 Å². The fraction of sp³-hybridized carbons (Fsp3) is 0.583. The molecular weight excluding hydrogens is 280 g/mol. The molecule has 0 radical (unpaired) electrons. The first-order valence-electron chi connectivity index (χ1n) is 6.36. The lowest BCUT2D eigenvalue weighted by Crippen LogP contribution is -2.37. The molecule has 112 valence electrons. The van der Waals surface area contributed by atoms with E-state index in [1.807, 2.05) is 6.92 Å². The molecular formula is C12H20N4O3S. The molecule has 1 rings (SSSR count). The van der Waals surface area contributed by atoms with E-state index in [9.17, 15) is 13.2 Å². The summed E-state index contributed by atoms with van der Waals surface area (Å²) in [6.07, 6.45) is 4.93. The number of nitrogens with one attached hydrogen (secondary N) is 2. The van der Waals surface area contributed by atoms with Crippen molar-refractivity contribution in [3.05, 3.63) is 18.1 Å². The van der Waals surface area contributed by atoms with E-state index in [0.29, 0.717) is 5.82 Å². The molecule has 1 aromatic rings. The van der Waals surface area contributed by atoms with Gasteiger partial charge in [0.05, 0.1) is 18.1 Å². The molecule has 0 fully saturated rings. The summed E-state index contributed by atoms with van der Waals surface area (Å²) >= 11 is 0. The van der Waals surface area contributed by atoms with Crippen molar-refractivity contribution in [1.29, 1.82) is 0 Å². The second kappa shape index (κ2) is 7.18. The van der Waals surface area contributed by atoms with Crippen LogP contribution in [0.15, 0.2) is 12.4 Å². The first-order chi connectivity index (χ1) is 9.31. The Morgan fingerprint density at radius 1 is 1.35 bits per heavy atom. The standard InChI is InChI=1S/C12H20N4O3S/c1-4-5-13-11-7-14-10(6-15-11)12(17)16-9(2)8-20(3,18)19/h6-7,9H,4-5,8H2,1-3H3,(H,13,15)(H,16,17). The molecule has 1 aromatic heterocycles. The van der Waals surface area contributed by atoms with Crippen molar-refractivity contribution in [3.8, 4) is 0 Å². The number of hydrogen-bond acceptors (Lipinski definition) is 6. The van der Waals surface area contributed by atoms with Gasteiger partial charge in [-0.15, -0.1) is 0 Å². The van der Waals surface area contributed by atoms with Gasteiger partial charge in [-0.05, 0) is 13.3 Å². The van der Waals surface area contributed by atoms with Gasteiger partial charge in [0.25, 0.3) is 5.91 Å². The average Bonchev–Trinajstić information content (AvgIpc) is 2.34. The van der Waals surface area contributed by atoms with Crippen LogP contribution in [0.25, 0.3) is 0 Å². The third-order valence-electron chi connectivity index (χ3n) is 2.37. The zero-order valence-corrected chi connectivity index (χ0v) is 12.7. The van der Waals surface area contributed by atoms with Gasteiger partial charge in [-0.2, -0.15) is 0 Å². The third kappa shape index (κ3) is 5.96. The van der Waals surface area contributed by atoms with Gasteiger partial charge >= 0.3 is 0 Å². The van der Waals surface area contributed by atoms with E-state index >= 15 is 0 Å². The second-order valence-corrected chi connectivity index (χ2v) is 6.87. The van der Waals surface area contributed by atoms with Crippen molar-refractivity contribution >= 4 is 21.6 Å². The number of nitrogens with zero attached hydrogens (tertiary/aromatic N) is 2. The smallest absolute Gasteiger partial charge is 0.271 e. The largest absolute Gasteiger partial charge is 0.369 e. The van der Waals surface area contributed by atoms with Crippen molar-refractivity contribution in [2.75, 3.05) is 23.9 Å². The zero-order valence-electron chi connectivity index (χ0n) is 11.9. The Morgan fingerprint density at radius 2 is 2.05 bits per heavy atom. The number of hydrogen-bond donors (Lipinski definition) is 2. The van der Waals surface area contributed by atoms with Crippen LogP contribution in [0.3, 0.4) is 0 Å². The summed E-state index contributed by atoms with van der Waals surface area (Å²) in [5, 5.41) is 5.62. The summed E-state index contributed by atoms with van der Waals surface area (Å²) < 4.78 is 22.2. The van der Waals surface area contributed by atoms with Crippen LogP contribution in [0.2, 0.25) is 0 Å². The van der Waals surface area contributed by atoms with Crippen LogP contribution in [0.4, 0.5) is 5.82 Å². The van der Waals surface area contributed by atoms with E-state index in [-0.39, 0.29) is 11.4 Å². The zero-order chi connectivity index (χ0) is 15.2. The van der Waals surface area contributed by atoms with Crippen LogP contribution in [0.1, 0.15) is 30.8 Å². The van der Waals surface area contributed by atoms with Gasteiger partial charge in [0.1, 0.15) is 21.3 Å². The van der Waals surface area contributed by atoms with Gasteiger partial charge in [0, 0.05) is 18.8 Å². The lowest BCUT2D eigenvalue weighted by atomic mass is 10.3. The number of anilines is 1. The van der Waals surface area contributed by atoms with Crippen LogP contribution in [0, 0.1) is 0 Å². The third-order valence-corrected chi connectivity index (χ3v) is 3.48. The fourth-order valence-corrected chi connectivity index (χ4v) is 2.57. The fourth-order valence-electron chi connectivity index (χ4n) is 1.58. The lowest BCUT2D eigenvalue weighted by Gasteiger charge is -2.12. The molecule has 8 heteroatoms. The molecule has 1 amide bonds. The van der Waals surface area contributed by atoms with Crippen molar-refractivity contribution in [3.63, 3.8) is 0 Å². The van der Waals surface area contributed by atoms with Crippen molar-refractivity contribution in [2.24, 2.45) is 0 Å². The summed E-state index contributed by atoms with van der Waals surface area (Å²) in [5.41, 5.74) is 0.160. The van der Waals surface area contributed by atoms with Gasteiger partial charge in [-0.1, -0.05) is 6.92 Å². The Balaban J connectivity index is 2.59. The first-order valence-corrected chi connectivity index (χ1v) is 8.42. The van der Waals surface area contributed by atoms with E-state index in [1.54, 1.807) is 6.92 Å². The number of sulfone groups is 1. The Morgan fingerprint density at radius 3 is 2.55 bits per heavy atom. The molecule has 1 atom stereocenters.